The van der Waals surface area contributed by atoms with Crippen molar-refractivity contribution in [1.29, 1.82) is 0 Å². The molecule has 140 valence electrons. The predicted octanol–water partition coefficient (Wildman–Crippen LogP) is 4.78. The molecule has 26 heavy (non-hydrogen) atoms. The molecule has 1 fully saturated rings. The van der Waals surface area contributed by atoms with E-state index in [0.717, 1.165) is 40.2 Å². The van der Waals surface area contributed by atoms with Crippen molar-refractivity contribution in [2.24, 2.45) is 0 Å². The number of carbonyl (C=O) groups excluding carboxylic acids is 1. The number of pyridine rings is 1. The molecule has 2 aromatic heterocycles. The molecule has 6 nitrogen and oxygen atoms in total. The van der Waals surface area contributed by atoms with Crippen LogP contribution in [0.4, 0.5) is 10.6 Å². The maximum absolute atomic E-state index is 11.7. The first-order valence-electron chi connectivity index (χ1n) is 8.68. The summed E-state index contributed by atoms with van der Waals surface area (Å²) in [6.07, 6.45) is 3.65. The minimum Gasteiger partial charge on any atom is -0.376 e. The maximum Gasteiger partial charge on any atom is 0.320 e. The van der Waals surface area contributed by atoms with E-state index in [1.165, 1.54) is 0 Å². The Balaban J connectivity index is 1.81. The Morgan fingerprint density at radius 2 is 2.31 bits per heavy atom. The molecule has 0 radical (unpaired) electrons. The van der Waals surface area contributed by atoms with Gasteiger partial charge in [0.2, 0.25) is 0 Å². The van der Waals surface area contributed by atoms with Crippen LogP contribution in [0.25, 0.3) is 10.6 Å². The molecule has 1 aliphatic rings. The fourth-order valence-corrected chi connectivity index (χ4v) is 4.54. The van der Waals surface area contributed by atoms with Crippen LogP contribution in [0.3, 0.4) is 0 Å². The van der Waals surface area contributed by atoms with Crippen LogP contribution in [0.15, 0.2) is 22.1 Å². The maximum atomic E-state index is 11.7. The van der Waals surface area contributed by atoms with Crippen molar-refractivity contribution in [2.75, 3.05) is 18.5 Å². The van der Waals surface area contributed by atoms with Gasteiger partial charge in [0.15, 0.2) is 0 Å². The summed E-state index contributed by atoms with van der Waals surface area (Å²) >= 11 is 5.15. The van der Waals surface area contributed by atoms with Crippen molar-refractivity contribution in [2.45, 2.75) is 45.1 Å². The summed E-state index contributed by atoms with van der Waals surface area (Å²) in [7, 11) is 0. The zero-order valence-corrected chi connectivity index (χ0v) is 17.5. The third kappa shape index (κ3) is 4.61. The van der Waals surface area contributed by atoms with Gasteiger partial charge >= 0.3 is 6.03 Å². The molecule has 1 unspecified atom stereocenters. The molecule has 2 amide bonds. The highest BCUT2D eigenvalue weighted by atomic mass is 79.9. The van der Waals surface area contributed by atoms with E-state index in [4.69, 9.17) is 9.72 Å². The van der Waals surface area contributed by atoms with Crippen molar-refractivity contribution in [1.82, 2.24) is 15.3 Å². The number of rotatable bonds is 4. The summed E-state index contributed by atoms with van der Waals surface area (Å²) in [5.41, 5.74) is 1.94. The SMILES string of the molecule is CCNC(=O)Nc1cc(-c2nc(C3CCOC(C)(C)C3)cs2)c(Br)cn1. The molecule has 2 N–H and O–H groups in total. The van der Waals surface area contributed by atoms with Gasteiger partial charge in [-0.25, -0.2) is 14.8 Å². The summed E-state index contributed by atoms with van der Waals surface area (Å²) in [6.45, 7) is 7.46. The Morgan fingerprint density at radius 3 is 3.04 bits per heavy atom. The van der Waals surface area contributed by atoms with Gasteiger partial charge in [0, 0.05) is 40.7 Å². The second-order valence-corrected chi connectivity index (χ2v) is 8.62. The van der Waals surface area contributed by atoms with Crippen LogP contribution in [-0.4, -0.2) is 34.8 Å². The number of amides is 2. The van der Waals surface area contributed by atoms with E-state index >= 15 is 0 Å². The van der Waals surface area contributed by atoms with Gasteiger partial charge in [0.05, 0.1) is 11.3 Å². The highest BCUT2D eigenvalue weighted by Gasteiger charge is 2.31. The highest BCUT2D eigenvalue weighted by Crippen LogP contribution is 2.38. The number of anilines is 1. The van der Waals surface area contributed by atoms with Gasteiger partial charge < -0.3 is 10.1 Å². The molecule has 3 rings (SSSR count). The monoisotopic (exact) mass is 438 g/mol. The standard InChI is InChI=1S/C18H23BrN4O2S/c1-4-20-17(24)23-15-7-12(13(19)9-21-15)16-22-14(10-26-16)11-5-6-25-18(2,3)8-11/h7,9-11H,4-6,8H2,1-3H3,(H2,20,21,23,24). The Morgan fingerprint density at radius 1 is 1.50 bits per heavy atom. The van der Waals surface area contributed by atoms with Gasteiger partial charge in [-0.05, 0) is 55.6 Å². The highest BCUT2D eigenvalue weighted by molar-refractivity contribution is 9.10. The predicted molar refractivity (Wildman–Crippen MR) is 108 cm³/mol. The van der Waals surface area contributed by atoms with E-state index in [9.17, 15) is 4.79 Å². The lowest BCUT2D eigenvalue weighted by Crippen LogP contribution is -2.33. The number of hydrogen-bond acceptors (Lipinski definition) is 5. The zero-order valence-electron chi connectivity index (χ0n) is 15.1. The molecule has 1 aliphatic heterocycles. The first-order chi connectivity index (χ1) is 12.4. The molecule has 0 saturated carbocycles. The molecular weight excluding hydrogens is 416 g/mol. The average molecular weight is 439 g/mol. The lowest BCUT2D eigenvalue weighted by Gasteiger charge is -2.34. The Hall–Kier alpha value is -1.51. The lowest BCUT2D eigenvalue weighted by atomic mass is 9.87. The van der Waals surface area contributed by atoms with Crippen molar-refractivity contribution in [3.63, 3.8) is 0 Å². The molecule has 0 spiro atoms. The van der Waals surface area contributed by atoms with E-state index in [1.54, 1.807) is 17.5 Å². The Bertz CT molecular complexity index is 793. The number of urea groups is 1. The average Bonchev–Trinajstić information content (AvgIpc) is 3.06. The van der Waals surface area contributed by atoms with Crippen LogP contribution >= 0.6 is 27.3 Å². The summed E-state index contributed by atoms with van der Waals surface area (Å²) in [5, 5.41) is 8.48. The van der Waals surface area contributed by atoms with E-state index < -0.39 is 0 Å². The number of hydrogen-bond donors (Lipinski definition) is 2. The van der Waals surface area contributed by atoms with E-state index in [1.807, 2.05) is 13.0 Å². The van der Waals surface area contributed by atoms with Crippen LogP contribution in [-0.2, 0) is 4.74 Å². The summed E-state index contributed by atoms with van der Waals surface area (Å²) in [5.74, 6) is 0.912. The van der Waals surface area contributed by atoms with E-state index in [-0.39, 0.29) is 11.6 Å². The van der Waals surface area contributed by atoms with Gasteiger partial charge in [-0.2, -0.15) is 0 Å². The molecule has 3 heterocycles. The number of carbonyl (C=O) groups is 1. The third-order valence-electron chi connectivity index (χ3n) is 4.30. The number of aromatic nitrogens is 2. The van der Waals surface area contributed by atoms with Crippen molar-refractivity contribution in [3.05, 3.63) is 27.8 Å². The Labute approximate surface area is 165 Å². The molecule has 0 bridgehead atoms. The summed E-state index contributed by atoms with van der Waals surface area (Å²) < 4.78 is 6.67. The first-order valence-corrected chi connectivity index (χ1v) is 10.4. The van der Waals surface area contributed by atoms with Gasteiger partial charge in [0.1, 0.15) is 10.8 Å². The minimum absolute atomic E-state index is 0.103. The Kier molecular flexibility index (Phi) is 5.94. The van der Waals surface area contributed by atoms with Crippen molar-refractivity contribution < 1.29 is 9.53 Å². The van der Waals surface area contributed by atoms with Crippen LogP contribution in [0, 0.1) is 0 Å². The van der Waals surface area contributed by atoms with Gasteiger partial charge in [0.25, 0.3) is 0 Å². The van der Waals surface area contributed by atoms with Crippen molar-refractivity contribution >= 4 is 39.1 Å². The smallest absolute Gasteiger partial charge is 0.320 e. The first kappa shape index (κ1) is 19.3. The molecule has 1 saturated heterocycles. The summed E-state index contributed by atoms with van der Waals surface area (Å²) in [4.78, 5) is 20.8. The quantitative estimate of drug-likeness (QED) is 0.719. The second-order valence-electron chi connectivity index (χ2n) is 6.91. The lowest BCUT2D eigenvalue weighted by molar-refractivity contribution is -0.0597. The fourth-order valence-electron chi connectivity index (χ4n) is 3.07. The number of ether oxygens (including phenoxy) is 1. The van der Waals surface area contributed by atoms with Crippen molar-refractivity contribution in [3.8, 4) is 10.6 Å². The van der Waals surface area contributed by atoms with Gasteiger partial charge in [-0.3, -0.25) is 5.32 Å². The fraction of sp³-hybridized carbons (Fsp3) is 0.500. The van der Waals surface area contributed by atoms with Gasteiger partial charge in [-0.1, -0.05) is 0 Å². The van der Waals surface area contributed by atoms with E-state index in [0.29, 0.717) is 18.3 Å². The van der Waals surface area contributed by atoms with Crippen LogP contribution in [0.1, 0.15) is 45.2 Å². The third-order valence-corrected chi connectivity index (χ3v) is 5.83. The molecule has 8 heteroatoms. The van der Waals surface area contributed by atoms with E-state index in [2.05, 4.69) is 50.8 Å². The van der Waals surface area contributed by atoms with Gasteiger partial charge in [-0.15, -0.1) is 11.3 Å². The summed E-state index contributed by atoms with van der Waals surface area (Å²) in [6, 6.07) is 1.58. The molecule has 0 aliphatic carbocycles. The van der Waals surface area contributed by atoms with Crippen LogP contribution in [0.2, 0.25) is 0 Å². The normalized spacial score (nSPS) is 19.2. The van der Waals surface area contributed by atoms with Crippen LogP contribution in [0.5, 0.6) is 0 Å². The largest absolute Gasteiger partial charge is 0.376 e. The molecular formula is C18H23BrN4O2S. The topological polar surface area (TPSA) is 76.1 Å². The molecule has 0 aromatic carbocycles. The minimum atomic E-state index is -0.266. The molecule has 2 aromatic rings. The number of nitrogens with zero attached hydrogens (tertiary/aromatic N) is 2. The zero-order chi connectivity index (χ0) is 18.7. The molecule has 1 atom stereocenters. The number of thiazole rings is 1. The number of halogens is 1. The second kappa shape index (κ2) is 8.02. The number of nitrogens with one attached hydrogen (secondary N) is 2. The van der Waals surface area contributed by atoms with Crippen LogP contribution < -0.4 is 10.6 Å².